The van der Waals surface area contributed by atoms with Crippen molar-refractivity contribution in [2.24, 2.45) is 0 Å². The van der Waals surface area contributed by atoms with Crippen molar-refractivity contribution < 1.29 is 13.2 Å². The van der Waals surface area contributed by atoms with E-state index >= 15 is 0 Å². The van der Waals surface area contributed by atoms with Gasteiger partial charge in [0.1, 0.15) is 4.90 Å². The van der Waals surface area contributed by atoms with Gasteiger partial charge >= 0.3 is 0 Å². The molecule has 0 fully saturated rings. The summed E-state index contributed by atoms with van der Waals surface area (Å²) in [6, 6.07) is 15.1. The number of aromatic nitrogens is 1. The molecule has 0 radical (unpaired) electrons. The van der Waals surface area contributed by atoms with Gasteiger partial charge < -0.3 is 4.90 Å². The smallest absolute Gasteiger partial charge is 0.245 e. The fourth-order valence-corrected chi connectivity index (χ4v) is 8.20. The van der Waals surface area contributed by atoms with E-state index in [0.29, 0.717) is 34.9 Å². The molecule has 38 heavy (non-hydrogen) atoms. The molecular formula is C28H27Cl2N3O3S2. The van der Waals surface area contributed by atoms with E-state index in [0.717, 1.165) is 16.5 Å². The van der Waals surface area contributed by atoms with Gasteiger partial charge in [0.15, 0.2) is 0 Å². The van der Waals surface area contributed by atoms with Gasteiger partial charge in [-0.3, -0.25) is 9.78 Å². The molecule has 2 aromatic carbocycles. The van der Waals surface area contributed by atoms with Gasteiger partial charge in [0.2, 0.25) is 15.9 Å². The zero-order valence-corrected chi connectivity index (χ0v) is 24.1. The van der Waals surface area contributed by atoms with Crippen molar-refractivity contribution in [3.8, 4) is 0 Å². The number of amides is 1. The molecule has 6 nitrogen and oxygen atoms in total. The van der Waals surface area contributed by atoms with Crippen LogP contribution in [-0.4, -0.2) is 47.6 Å². The lowest BCUT2D eigenvalue weighted by Gasteiger charge is -2.38. The van der Waals surface area contributed by atoms with Gasteiger partial charge in [-0.1, -0.05) is 54.4 Å². The largest absolute Gasteiger partial charge is 0.330 e. The van der Waals surface area contributed by atoms with E-state index in [1.807, 2.05) is 43.5 Å². The van der Waals surface area contributed by atoms with E-state index in [1.54, 1.807) is 52.8 Å². The van der Waals surface area contributed by atoms with Crippen LogP contribution in [0.2, 0.25) is 10.0 Å². The molecule has 2 aromatic heterocycles. The third-order valence-corrected chi connectivity index (χ3v) is 10.6. The van der Waals surface area contributed by atoms with Crippen molar-refractivity contribution in [3.05, 3.63) is 92.2 Å². The Morgan fingerprint density at radius 1 is 1.16 bits per heavy atom. The number of sulfonamides is 1. The summed E-state index contributed by atoms with van der Waals surface area (Å²) in [5.41, 5.74) is 2.16. The number of hydrogen-bond acceptors (Lipinski definition) is 5. The van der Waals surface area contributed by atoms with E-state index in [-0.39, 0.29) is 17.3 Å². The first kappa shape index (κ1) is 27.1. The maximum atomic E-state index is 14.0. The Bertz CT molecular complexity index is 1600. The molecule has 0 unspecified atom stereocenters. The topological polar surface area (TPSA) is 70.6 Å². The number of hydrogen-bond donors (Lipinski definition) is 0. The molecule has 0 N–H and O–H groups in total. The number of halogens is 2. The molecule has 0 bridgehead atoms. The summed E-state index contributed by atoms with van der Waals surface area (Å²) in [5, 5.41) is 3.71. The zero-order valence-electron chi connectivity index (χ0n) is 21.0. The number of para-hydroxylation sites is 1. The molecule has 0 saturated heterocycles. The summed E-state index contributed by atoms with van der Waals surface area (Å²) in [5.74, 6) is -0.282. The number of fused-ring (bicyclic) bond motifs is 2. The van der Waals surface area contributed by atoms with Crippen LogP contribution in [0.3, 0.4) is 0 Å². The van der Waals surface area contributed by atoms with Crippen molar-refractivity contribution in [1.82, 2.24) is 14.2 Å². The van der Waals surface area contributed by atoms with Crippen LogP contribution < -0.4 is 0 Å². The van der Waals surface area contributed by atoms with Crippen molar-refractivity contribution >= 4 is 61.4 Å². The molecule has 10 heteroatoms. The van der Waals surface area contributed by atoms with Crippen LogP contribution in [0.25, 0.3) is 10.9 Å². The number of pyridine rings is 1. The van der Waals surface area contributed by atoms with E-state index in [2.05, 4.69) is 4.98 Å². The maximum Gasteiger partial charge on any atom is 0.245 e. The second-order valence-corrected chi connectivity index (χ2v) is 13.0. The fraction of sp³-hybridized carbons (Fsp3) is 0.286. The highest BCUT2D eigenvalue weighted by Crippen LogP contribution is 2.41. The minimum atomic E-state index is -4.04. The second-order valence-electron chi connectivity index (χ2n) is 9.34. The van der Waals surface area contributed by atoms with Crippen LogP contribution >= 0.6 is 34.5 Å². The Morgan fingerprint density at radius 2 is 1.95 bits per heavy atom. The van der Waals surface area contributed by atoms with Gasteiger partial charge in [-0.05, 0) is 66.6 Å². The van der Waals surface area contributed by atoms with Crippen LogP contribution in [0, 0.1) is 0 Å². The van der Waals surface area contributed by atoms with Crippen molar-refractivity contribution in [2.45, 2.75) is 43.7 Å². The van der Waals surface area contributed by atoms with Gasteiger partial charge in [-0.2, -0.15) is 4.31 Å². The number of benzene rings is 2. The SMILES string of the molecule is CC[C@@H](C)N(CC(=O)N1CCc2sccc2[C@@H]1c1ccc(Cl)cc1Cl)S(=O)(=O)c1cccc2cccnc12. The van der Waals surface area contributed by atoms with E-state index in [1.165, 1.54) is 9.18 Å². The Balaban J connectivity index is 1.54. The molecule has 1 aliphatic rings. The molecule has 198 valence electrons. The molecule has 4 aromatic rings. The minimum Gasteiger partial charge on any atom is -0.330 e. The van der Waals surface area contributed by atoms with Gasteiger partial charge in [-0.15, -0.1) is 11.3 Å². The van der Waals surface area contributed by atoms with Crippen LogP contribution in [0.5, 0.6) is 0 Å². The van der Waals surface area contributed by atoms with E-state index in [9.17, 15) is 13.2 Å². The summed E-state index contributed by atoms with van der Waals surface area (Å²) in [4.78, 5) is 21.4. The molecular weight excluding hydrogens is 561 g/mol. The summed E-state index contributed by atoms with van der Waals surface area (Å²) < 4.78 is 29.4. The van der Waals surface area contributed by atoms with Gasteiger partial charge in [0.25, 0.3) is 0 Å². The number of carbonyl (C=O) groups excluding carboxylic acids is 1. The highest BCUT2D eigenvalue weighted by molar-refractivity contribution is 7.89. The Kier molecular flexibility index (Phi) is 7.80. The van der Waals surface area contributed by atoms with Crippen molar-refractivity contribution in [1.29, 1.82) is 0 Å². The van der Waals surface area contributed by atoms with Gasteiger partial charge in [-0.25, -0.2) is 8.42 Å². The molecule has 0 saturated carbocycles. The third kappa shape index (κ3) is 4.96. The number of thiophene rings is 1. The molecule has 1 aliphatic heterocycles. The van der Waals surface area contributed by atoms with Crippen molar-refractivity contribution in [2.75, 3.05) is 13.1 Å². The number of rotatable bonds is 7. The lowest BCUT2D eigenvalue weighted by Crippen LogP contribution is -2.49. The van der Waals surface area contributed by atoms with Crippen LogP contribution in [0.15, 0.2) is 71.1 Å². The van der Waals surface area contributed by atoms with E-state index in [4.69, 9.17) is 23.2 Å². The number of nitrogens with zero attached hydrogens (tertiary/aromatic N) is 3. The second kappa shape index (κ2) is 10.9. The fourth-order valence-electron chi connectivity index (χ4n) is 4.96. The third-order valence-electron chi connectivity index (χ3n) is 7.10. The highest BCUT2D eigenvalue weighted by Gasteiger charge is 2.38. The normalized spacial score (nSPS) is 16.6. The molecule has 5 rings (SSSR count). The molecule has 0 spiro atoms. The van der Waals surface area contributed by atoms with Crippen LogP contribution in [0.4, 0.5) is 0 Å². The monoisotopic (exact) mass is 587 g/mol. The molecule has 2 atom stereocenters. The Morgan fingerprint density at radius 3 is 2.71 bits per heavy atom. The molecule has 3 heterocycles. The Hall–Kier alpha value is -2.49. The first-order chi connectivity index (χ1) is 18.2. The zero-order chi connectivity index (χ0) is 27.0. The van der Waals surface area contributed by atoms with Gasteiger partial charge in [0.05, 0.1) is 18.1 Å². The lowest BCUT2D eigenvalue weighted by atomic mass is 9.93. The van der Waals surface area contributed by atoms with E-state index < -0.39 is 22.1 Å². The Labute approximate surface area is 236 Å². The average Bonchev–Trinajstić information content (AvgIpc) is 3.39. The molecule has 0 aliphatic carbocycles. The predicted octanol–water partition coefficient (Wildman–Crippen LogP) is 6.57. The first-order valence-corrected chi connectivity index (χ1v) is 15.5. The highest BCUT2D eigenvalue weighted by atomic mass is 35.5. The predicted molar refractivity (Wildman–Crippen MR) is 153 cm³/mol. The first-order valence-electron chi connectivity index (χ1n) is 12.4. The quantitative estimate of drug-likeness (QED) is 0.245. The lowest BCUT2D eigenvalue weighted by molar-refractivity contribution is -0.133. The summed E-state index contributed by atoms with van der Waals surface area (Å²) >= 11 is 14.4. The number of carbonyl (C=O) groups is 1. The summed E-state index contributed by atoms with van der Waals surface area (Å²) in [7, 11) is -4.04. The standard InChI is InChI=1S/C28H27Cl2N3O3S2/c1-3-18(2)33(38(35,36)25-8-4-6-19-7-5-13-31-27(19)25)17-26(34)32-14-11-24-22(12-15-37-24)28(32)21-10-9-20(29)16-23(21)30/h4-10,12-13,15-16,18,28H,3,11,14,17H2,1-2H3/t18-,28+/m1/s1. The maximum absolute atomic E-state index is 14.0. The molecule has 1 amide bonds. The minimum absolute atomic E-state index is 0.0970. The average molecular weight is 589 g/mol. The summed E-state index contributed by atoms with van der Waals surface area (Å²) in [6.07, 6.45) is 2.82. The summed E-state index contributed by atoms with van der Waals surface area (Å²) in [6.45, 7) is 3.90. The van der Waals surface area contributed by atoms with Gasteiger partial charge in [0, 0.05) is 39.1 Å². The van der Waals surface area contributed by atoms with Crippen LogP contribution in [-0.2, 0) is 21.2 Å². The van der Waals surface area contributed by atoms with Crippen molar-refractivity contribution in [3.63, 3.8) is 0 Å². The van der Waals surface area contributed by atoms with Crippen LogP contribution in [0.1, 0.15) is 42.3 Å².